The second kappa shape index (κ2) is 7.48. The van der Waals surface area contributed by atoms with Crippen molar-refractivity contribution in [3.63, 3.8) is 0 Å². The molecular formula is C13H18N4O2S2. The van der Waals surface area contributed by atoms with Crippen molar-refractivity contribution in [2.75, 3.05) is 18.4 Å². The van der Waals surface area contributed by atoms with E-state index in [4.69, 9.17) is 0 Å². The van der Waals surface area contributed by atoms with Gasteiger partial charge in [0.25, 0.3) is 0 Å². The van der Waals surface area contributed by atoms with Crippen LogP contribution in [-0.4, -0.2) is 31.5 Å². The molecular weight excluding hydrogens is 308 g/mol. The Labute approximate surface area is 128 Å². The lowest BCUT2D eigenvalue weighted by Crippen LogP contribution is -2.26. The van der Waals surface area contributed by atoms with Gasteiger partial charge in [0.15, 0.2) is 0 Å². The predicted octanol–water partition coefficient (Wildman–Crippen LogP) is 1.88. The molecule has 0 saturated heterocycles. The van der Waals surface area contributed by atoms with Crippen LogP contribution in [0.4, 0.5) is 5.82 Å². The summed E-state index contributed by atoms with van der Waals surface area (Å²) >= 11 is 1.51. The van der Waals surface area contributed by atoms with Crippen molar-refractivity contribution in [3.05, 3.63) is 34.9 Å². The molecule has 2 N–H and O–H groups in total. The van der Waals surface area contributed by atoms with Crippen LogP contribution in [0.25, 0.3) is 0 Å². The molecule has 0 spiro atoms. The van der Waals surface area contributed by atoms with Gasteiger partial charge in [0.05, 0.1) is 5.01 Å². The van der Waals surface area contributed by atoms with Gasteiger partial charge in [-0.1, -0.05) is 6.92 Å². The molecule has 0 atom stereocenters. The van der Waals surface area contributed by atoms with Gasteiger partial charge in [-0.3, -0.25) is 0 Å². The van der Waals surface area contributed by atoms with E-state index in [1.165, 1.54) is 17.5 Å². The number of nitrogens with one attached hydrogen (secondary N) is 2. The average Bonchev–Trinajstić information content (AvgIpc) is 2.98. The summed E-state index contributed by atoms with van der Waals surface area (Å²) in [7, 11) is -3.51. The highest BCUT2D eigenvalue weighted by Gasteiger charge is 2.14. The van der Waals surface area contributed by atoms with Crippen LogP contribution in [0.5, 0.6) is 0 Å². The van der Waals surface area contributed by atoms with Crippen LogP contribution in [-0.2, 0) is 16.4 Å². The van der Waals surface area contributed by atoms with Crippen LogP contribution < -0.4 is 10.0 Å². The van der Waals surface area contributed by atoms with Gasteiger partial charge >= 0.3 is 0 Å². The minimum atomic E-state index is -3.51. The lowest BCUT2D eigenvalue weighted by atomic mass is 10.4. The Morgan fingerprint density at radius 2 is 2.10 bits per heavy atom. The molecule has 0 saturated carbocycles. The summed E-state index contributed by atoms with van der Waals surface area (Å²) in [6.07, 6.45) is 4.64. The highest BCUT2D eigenvalue weighted by Crippen LogP contribution is 2.11. The first kappa shape index (κ1) is 15.9. The van der Waals surface area contributed by atoms with Crippen molar-refractivity contribution in [2.24, 2.45) is 0 Å². The third-order valence-electron chi connectivity index (χ3n) is 2.72. The Morgan fingerprint density at radius 1 is 1.24 bits per heavy atom. The van der Waals surface area contributed by atoms with Crippen LogP contribution in [0, 0.1) is 0 Å². The highest BCUT2D eigenvalue weighted by atomic mass is 32.2. The molecule has 8 heteroatoms. The summed E-state index contributed by atoms with van der Waals surface area (Å²) in [5.41, 5.74) is 0. The van der Waals surface area contributed by atoms with Gasteiger partial charge in [-0.15, -0.1) is 11.3 Å². The molecule has 0 aromatic carbocycles. The SMILES string of the molecule is CCCNc1ccc(S(=O)(=O)NCCc2nccs2)cn1. The van der Waals surface area contributed by atoms with Gasteiger partial charge in [0, 0.05) is 37.3 Å². The number of hydrogen-bond acceptors (Lipinski definition) is 6. The number of nitrogens with zero attached hydrogens (tertiary/aromatic N) is 2. The molecule has 0 amide bonds. The monoisotopic (exact) mass is 326 g/mol. The van der Waals surface area contributed by atoms with Crippen LogP contribution in [0.2, 0.25) is 0 Å². The molecule has 0 fully saturated rings. The van der Waals surface area contributed by atoms with Crippen LogP contribution in [0.3, 0.4) is 0 Å². The molecule has 2 aromatic heterocycles. The second-order valence-corrected chi connectivity index (χ2v) is 7.13. The summed E-state index contributed by atoms with van der Waals surface area (Å²) in [5.74, 6) is 0.679. The molecule has 6 nitrogen and oxygen atoms in total. The first-order valence-electron chi connectivity index (χ1n) is 6.70. The summed E-state index contributed by atoms with van der Waals surface area (Å²) in [5, 5.41) is 5.88. The minimum absolute atomic E-state index is 0.170. The minimum Gasteiger partial charge on any atom is -0.370 e. The zero-order valence-corrected chi connectivity index (χ0v) is 13.4. The van der Waals surface area contributed by atoms with Crippen molar-refractivity contribution in [1.82, 2.24) is 14.7 Å². The maximum absolute atomic E-state index is 12.1. The highest BCUT2D eigenvalue weighted by molar-refractivity contribution is 7.89. The van der Waals surface area contributed by atoms with Gasteiger partial charge < -0.3 is 5.32 Å². The summed E-state index contributed by atoms with van der Waals surface area (Å²) in [6.45, 7) is 3.19. The van der Waals surface area contributed by atoms with Crippen molar-refractivity contribution in [1.29, 1.82) is 0 Å². The summed E-state index contributed by atoms with van der Waals surface area (Å²) in [6, 6.07) is 3.22. The molecule has 0 unspecified atom stereocenters. The first-order chi connectivity index (χ1) is 10.1. The fraction of sp³-hybridized carbons (Fsp3) is 0.385. The van der Waals surface area contributed by atoms with Crippen LogP contribution in [0.1, 0.15) is 18.4 Å². The first-order valence-corrected chi connectivity index (χ1v) is 9.06. The number of aromatic nitrogens is 2. The molecule has 0 aliphatic carbocycles. The molecule has 114 valence electrons. The molecule has 0 radical (unpaired) electrons. The van der Waals surface area contributed by atoms with E-state index < -0.39 is 10.0 Å². The number of pyridine rings is 1. The lowest BCUT2D eigenvalue weighted by Gasteiger charge is -2.07. The molecule has 2 aromatic rings. The molecule has 0 bridgehead atoms. The summed E-state index contributed by atoms with van der Waals surface area (Å²) in [4.78, 5) is 8.38. The zero-order valence-electron chi connectivity index (χ0n) is 11.7. The van der Waals surface area contributed by atoms with Gasteiger partial charge in [-0.2, -0.15) is 0 Å². The van der Waals surface area contributed by atoms with Gasteiger partial charge in [-0.05, 0) is 18.6 Å². The Balaban J connectivity index is 1.92. The van der Waals surface area contributed by atoms with E-state index in [-0.39, 0.29) is 4.90 Å². The normalized spacial score (nSPS) is 11.5. The van der Waals surface area contributed by atoms with E-state index in [1.54, 1.807) is 18.3 Å². The number of thiazole rings is 1. The smallest absolute Gasteiger partial charge is 0.242 e. The molecule has 2 heterocycles. The summed E-state index contributed by atoms with van der Waals surface area (Å²) < 4.78 is 26.7. The Hall–Kier alpha value is -1.51. The molecule has 0 aliphatic rings. The van der Waals surface area contributed by atoms with E-state index in [0.29, 0.717) is 18.8 Å². The third-order valence-corrected chi connectivity index (χ3v) is 5.00. The fourth-order valence-corrected chi connectivity index (χ4v) is 3.25. The number of hydrogen-bond donors (Lipinski definition) is 2. The molecule has 21 heavy (non-hydrogen) atoms. The van der Waals surface area contributed by atoms with Gasteiger partial charge in [0.1, 0.15) is 10.7 Å². The van der Waals surface area contributed by atoms with E-state index >= 15 is 0 Å². The quantitative estimate of drug-likeness (QED) is 0.774. The Morgan fingerprint density at radius 3 is 2.71 bits per heavy atom. The van der Waals surface area contributed by atoms with E-state index in [9.17, 15) is 8.42 Å². The Bertz CT molecular complexity index is 639. The van der Waals surface area contributed by atoms with Gasteiger partial charge in [-0.25, -0.2) is 23.1 Å². The molecule has 2 rings (SSSR count). The molecule has 0 aliphatic heterocycles. The maximum Gasteiger partial charge on any atom is 0.242 e. The van der Waals surface area contributed by atoms with Crippen LogP contribution in [0.15, 0.2) is 34.8 Å². The average molecular weight is 326 g/mol. The second-order valence-electron chi connectivity index (χ2n) is 4.38. The maximum atomic E-state index is 12.1. The van der Waals surface area contributed by atoms with Gasteiger partial charge in [0.2, 0.25) is 10.0 Å². The third kappa shape index (κ3) is 4.76. The van der Waals surface area contributed by atoms with E-state index in [0.717, 1.165) is 18.0 Å². The lowest BCUT2D eigenvalue weighted by molar-refractivity contribution is 0.581. The standard InChI is InChI=1S/C13H18N4O2S2/c1-2-6-14-12-4-3-11(10-16-12)21(18,19)17-7-5-13-15-8-9-20-13/h3-4,8-10,17H,2,5-7H2,1H3,(H,14,16). The van der Waals surface area contributed by atoms with E-state index in [1.807, 2.05) is 5.38 Å². The predicted molar refractivity (Wildman–Crippen MR) is 84.0 cm³/mol. The Kier molecular flexibility index (Phi) is 5.66. The van der Waals surface area contributed by atoms with Crippen LogP contribution >= 0.6 is 11.3 Å². The fourth-order valence-electron chi connectivity index (χ4n) is 1.65. The van der Waals surface area contributed by atoms with Crippen molar-refractivity contribution in [2.45, 2.75) is 24.7 Å². The van der Waals surface area contributed by atoms with Crippen molar-refractivity contribution >= 4 is 27.2 Å². The number of rotatable bonds is 8. The largest absolute Gasteiger partial charge is 0.370 e. The topological polar surface area (TPSA) is 84.0 Å². The number of anilines is 1. The van der Waals surface area contributed by atoms with Crippen molar-refractivity contribution in [3.8, 4) is 0 Å². The van der Waals surface area contributed by atoms with Crippen molar-refractivity contribution < 1.29 is 8.42 Å². The number of sulfonamides is 1. The zero-order chi connectivity index (χ0) is 15.1. The van der Waals surface area contributed by atoms with E-state index in [2.05, 4.69) is 26.9 Å².